The van der Waals surface area contributed by atoms with Crippen LogP contribution in [-0.4, -0.2) is 41.6 Å². The monoisotopic (exact) mass is 318 g/mol. The fourth-order valence-electron chi connectivity index (χ4n) is 2.51. The first-order valence-electron chi connectivity index (χ1n) is 8.10. The first-order chi connectivity index (χ1) is 10.7. The summed E-state index contributed by atoms with van der Waals surface area (Å²) >= 11 is 0. The maximum Gasteiger partial charge on any atom is 0.410 e. The highest BCUT2D eigenvalue weighted by molar-refractivity contribution is 5.94. The van der Waals surface area contributed by atoms with Crippen molar-refractivity contribution in [2.24, 2.45) is 0 Å². The molecule has 1 aromatic carbocycles. The largest absolute Gasteiger partial charge is 0.444 e. The molecule has 0 atom stereocenters. The summed E-state index contributed by atoms with van der Waals surface area (Å²) in [5.41, 5.74) is 1.32. The Hall–Kier alpha value is -2.04. The Morgan fingerprint density at radius 1 is 1.13 bits per heavy atom. The molecule has 0 saturated carbocycles. The van der Waals surface area contributed by atoms with Crippen molar-refractivity contribution >= 4 is 12.0 Å². The molecule has 5 heteroatoms. The van der Waals surface area contributed by atoms with Gasteiger partial charge in [0.2, 0.25) is 0 Å². The van der Waals surface area contributed by atoms with Crippen LogP contribution in [0.5, 0.6) is 0 Å². The Kier molecular flexibility index (Phi) is 5.29. The van der Waals surface area contributed by atoms with Crippen LogP contribution in [0.3, 0.4) is 0 Å². The van der Waals surface area contributed by atoms with E-state index in [0.717, 1.165) is 18.4 Å². The van der Waals surface area contributed by atoms with Crippen molar-refractivity contribution in [2.45, 2.75) is 52.2 Å². The average molecular weight is 318 g/mol. The molecule has 23 heavy (non-hydrogen) atoms. The summed E-state index contributed by atoms with van der Waals surface area (Å²) in [6.45, 7) is 8.79. The molecule has 1 aliphatic rings. The predicted octanol–water partition coefficient (Wildman–Crippen LogP) is 3.12. The van der Waals surface area contributed by atoms with Gasteiger partial charge in [-0.25, -0.2) is 4.79 Å². The molecule has 126 valence electrons. The van der Waals surface area contributed by atoms with Gasteiger partial charge >= 0.3 is 6.09 Å². The van der Waals surface area contributed by atoms with E-state index in [4.69, 9.17) is 4.74 Å². The van der Waals surface area contributed by atoms with E-state index in [1.54, 1.807) is 4.90 Å². The van der Waals surface area contributed by atoms with Crippen LogP contribution in [0.1, 0.15) is 49.5 Å². The number of carbonyl (C=O) groups is 2. The normalized spacial score (nSPS) is 16.1. The number of ether oxygens (including phenoxy) is 1. The second kappa shape index (κ2) is 7.02. The van der Waals surface area contributed by atoms with E-state index in [0.29, 0.717) is 18.7 Å². The standard InChI is InChI=1S/C18H26N2O3/c1-13-5-7-14(8-6-13)16(21)19-15-9-11-20(12-10-15)17(22)23-18(2,3)4/h5-8,15H,9-12H2,1-4H3,(H,19,21). The Balaban J connectivity index is 1.81. The SMILES string of the molecule is Cc1ccc(C(=O)NC2CCN(C(=O)OC(C)(C)C)CC2)cc1. The molecule has 0 unspecified atom stereocenters. The van der Waals surface area contributed by atoms with Crippen LogP contribution in [-0.2, 0) is 4.74 Å². The van der Waals surface area contributed by atoms with Gasteiger partial charge in [0, 0.05) is 24.7 Å². The molecule has 1 fully saturated rings. The number of nitrogens with zero attached hydrogens (tertiary/aromatic N) is 1. The van der Waals surface area contributed by atoms with Crippen LogP contribution in [0, 0.1) is 6.92 Å². The van der Waals surface area contributed by atoms with E-state index in [1.807, 2.05) is 52.0 Å². The van der Waals surface area contributed by atoms with Crippen molar-refractivity contribution in [1.82, 2.24) is 10.2 Å². The van der Waals surface area contributed by atoms with Gasteiger partial charge < -0.3 is 15.0 Å². The van der Waals surface area contributed by atoms with Crippen LogP contribution < -0.4 is 5.32 Å². The summed E-state index contributed by atoms with van der Waals surface area (Å²) in [7, 11) is 0. The third kappa shape index (κ3) is 5.27. The zero-order valence-corrected chi connectivity index (χ0v) is 14.4. The molecule has 1 aliphatic heterocycles. The highest BCUT2D eigenvalue weighted by Crippen LogP contribution is 2.16. The van der Waals surface area contributed by atoms with Crippen molar-refractivity contribution in [1.29, 1.82) is 0 Å². The molecule has 5 nitrogen and oxygen atoms in total. The van der Waals surface area contributed by atoms with Gasteiger partial charge in [-0.05, 0) is 52.7 Å². The van der Waals surface area contributed by atoms with Gasteiger partial charge in [0.25, 0.3) is 5.91 Å². The summed E-state index contributed by atoms with van der Waals surface area (Å²) < 4.78 is 5.37. The number of rotatable bonds is 2. The molecule has 0 bridgehead atoms. The Morgan fingerprint density at radius 3 is 2.22 bits per heavy atom. The molecular formula is C18H26N2O3. The van der Waals surface area contributed by atoms with Crippen molar-refractivity contribution in [3.05, 3.63) is 35.4 Å². The minimum absolute atomic E-state index is 0.0549. The molecule has 1 aromatic rings. The van der Waals surface area contributed by atoms with Crippen LogP contribution in [0.4, 0.5) is 4.79 Å². The highest BCUT2D eigenvalue weighted by atomic mass is 16.6. The fourth-order valence-corrected chi connectivity index (χ4v) is 2.51. The van der Waals surface area contributed by atoms with E-state index >= 15 is 0 Å². The zero-order chi connectivity index (χ0) is 17.0. The number of hydrogen-bond acceptors (Lipinski definition) is 3. The molecule has 2 rings (SSSR count). The lowest BCUT2D eigenvalue weighted by Crippen LogP contribution is -2.47. The second-order valence-electron chi connectivity index (χ2n) is 7.08. The van der Waals surface area contributed by atoms with E-state index in [2.05, 4.69) is 5.32 Å². The number of nitrogens with one attached hydrogen (secondary N) is 1. The van der Waals surface area contributed by atoms with Crippen molar-refractivity contribution in [2.75, 3.05) is 13.1 Å². The summed E-state index contributed by atoms with van der Waals surface area (Å²) in [5.74, 6) is -0.0549. The molecule has 1 saturated heterocycles. The lowest BCUT2D eigenvalue weighted by molar-refractivity contribution is 0.0199. The quantitative estimate of drug-likeness (QED) is 0.911. The van der Waals surface area contributed by atoms with Gasteiger partial charge in [-0.15, -0.1) is 0 Å². The van der Waals surface area contributed by atoms with Gasteiger partial charge in [-0.3, -0.25) is 4.79 Å². The smallest absolute Gasteiger partial charge is 0.410 e. The first kappa shape index (κ1) is 17.3. The third-order valence-electron chi connectivity index (χ3n) is 3.80. The molecular weight excluding hydrogens is 292 g/mol. The molecule has 1 heterocycles. The zero-order valence-electron chi connectivity index (χ0n) is 14.4. The third-order valence-corrected chi connectivity index (χ3v) is 3.80. The Labute approximate surface area is 138 Å². The number of benzene rings is 1. The summed E-state index contributed by atoms with van der Waals surface area (Å²) in [5, 5.41) is 3.04. The minimum atomic E-state index is -0.479. The lowest BCUT2D eigenvalue weighted by Gasteiger charge is -2.33. The second-order valence-corrected chi connectivity index (χ2v) is 7.08. The van der Waals surface area contributed by atoms with Gasteiger partial charge in [0.05, 0.1) is 0 Å². The molecule has 0 spiro atoms. The number of hydrogen-bond donors (Lipinski definition) is 1. The van der Waals surface area contributed by atoms with Crippen LogP contribution in [0.15, 0.2) is 24.3 Å². The van der Waals surface area contributed by atoms with E-state index in [-0.39, 0.29) is 18.0 Å². The van der Waals surface area contributed by atoms with Gasteiger partial charge in [-0.2, -0.15) is 0 Å². The van der Waals surface area contributed by atoms with E-state index in [9.17, 15) is 9.59 Å². The van der Waals surface area contributed by atoms with Crippen LogP contribution in [0.2, 0.25) is 0 Å². The maximum atomic E-state index is 12.2. The van der Waals surface area contributed by atoms with Gasteiger partial charge in [0.1, 0.15) is 5.60 Å². The summed E-state index contributed by atoms with van der Waals surface area (Å²) in [6.07, 6.45) is 1.22. The number of carbonyl (C=O) groups excluding carboxylic acids is 2. The Morgan fingerprint density at radius 2 is 1.70 bits per heavy atom. The predicted molar refractivity (Wildman–Crippen MR) is 89.5 cm³/mol. The molecule has 2 amide bonds. The molecule has 0 aliphatic carbocycles. The molecule has 1 N–H and O–H groups in total. The van der Waals surface area contributed by atoms with E-state index in [1.165, 1.54) is 0 Å². The van der Waals surface area contributed by atoms with Crippen molar-refractivity contribution in [3.8, 4) is 0 Å². The molecule has 0 radical (unpaired) electrons. The van der Waals surface area contributed by atoms with Crippen LogP contribution >= 0.6 is 0 Å². The Bertz CT molecular complexity index is 553. The number of amides is 2. The minimum Gasteiger partial charge on any atom is -0.444 e. The van der Waals surface area contributed by atoms with Gasteiger partial charge in [-0.1, -0.05) is 17.7 Å². The maximum absolute atomic E-state index is 12.2. The topological polar surface area (TPSA) is 58.6 Å². The van der Waals surface area contributed by atoms with Crippen molar-refractivity contribution < 1.29 is 14.3 Å². The first-order valence-corrected chi connectivity index (χ1v) is 8.10. The van der Waals surface area contributed by atoms with Gasteiger partial charge in [0.15, 0.2) is 0 Å². The van der Waals surface area contributed by atoms with Crippen molar-refractivity contribution in [3.63, 3.8) is 0 Å². The fraction of sp³-hybridized carbons (Fsp3) is 0.556. The number of piperidine rings is 1. The number of likely N-dealkylation sites (tertiary alicyclic amines) is 1. The lowest BCUT2D eigenvalue weighted by atomic mass is 10.0. The summed E-state index contributed by atoms with van der Waals surface area (Å²) in [4.78, 5) is 25.9. The molecule has 0 aromatic heterocycles. The average Bonchev–Trinajstić information content (AvgIpc) is 2.46. The van der Waals surface area contributed by atoms with E-state index < -0.39 is 5.60 Å². The highest BCUT2D eigenvalue weighted by Gasteiger charge is 2.27. The summed E-state index contributed by atoms with van der Waals surface area (Å²) in [6, 6.07) is 7.63. The number of aryl methyl sites for hydroxylation is 1. The van der Waals surface area contributed by atoms with Crippen LogP contribution in [0.25, 0.3) is 0 Å².